The van der Waals surface area contributed by atoms with Crippen LogP contribution >= 0.6 is 0 Å². The highest BCUT2D eigenvalue weighted by atomic mass is 16.7. The van der Waals surface area contributed by atoms with Gasteiger partial charge < -0.3 is 28.4 Å². The summed E-state index contributed by atoms with van der Waals surface area (Å²) in [5.74, 6) is -4.26. The van der Waals surface area contributed by atoms with Crippen LogP contribution in [0.25, 0.3) is 0 Å². The summed E-state index contributed by atoms with van der Waals surface area (Å²) in [6.07, 6.45) is 2.50. The molecule has 1 unspecified atom stereocenters. The van der Waals surface area contributed by atoms with Gasteiger partial charge in [0.2, 0.25) is 6.79 Å². The predicted molar refractivity (Wildman–Crippen MR) is 150 cm³/mol. The Morgan fingerprint density at radius 2 is 1.52 bits per heavy atom. The van der Waals surface area contributed by atoms with Crippen LogP contribution in [0.1, 0.15) is 87.9 Å². The minimum Gasteiger partial charge on any atom is -0.490 e. The molecule has 0 heterocycles. The van der Waals surface area contributed by atoms with Gasteiger partial charge in [-0.3, -0.25) is 14.4 Å². The summed E-state index contributed by atoms with van der Waals surface area (Å²) in [6.45, 7) is 9.58. The van der Waals surface area contributed by atoms with E-state index in [2.05, 4.69) is 6.92 Å². The molecule has 1 atom stereocenters. The van der Waals surface area contributed by atoms with Crippen molar-refractivity contribution in [3.63, 3.8) is 0 Å². The number of rotatable bonds is 14. The van der Waals surface area contributed by atoms with E-state index in [4.69, 9.17) is 28.4 Å². The van der Waals surface area contributed by atoms with Crippen molar-refractivity contribution >= 4 is 29.8 Å². The summed E-state index contributed by atoms with van der Waals surface area (Å²) < 4.78 is 31.6. The van der Waals surface area contributed by atoms with E-state index in [1.807, 2.05) is 0 Å². The van der Waals surface area contributed by atoms with Crippen molar-refractivity contribution in [2.45, 2.75) is 72.8 Å². The van der Waals surface area contributed by atoms with Crippen molar-refractivity contribution in [3.8, 4) is 17.2 Å². The van der Waals surface area contributed by atoms with Gasteiger partial charge in [0.15, 0.2) is 11.5 Å². The lowest BCUT2D eigenvalue weighted by Crippen LogP contribution is -2.28. The molecule has 0 aliphatic heterocycles. The van der Waals surface area contributed by atoms with Gasteiger partial charge in [-0.15, -0.1) is 0 Å². The molecule has 11 heteroatoms. The molecule has 0 amide bonds. The Morgan fingerprint density at radius 3 is 2.19 bits per heavy atom. The number of benzene rings is 2. The molecule has 11 nitrogen and oxygen atoms in total. The normalized spacial score (nSPS) is 11.6. The van der Waals surface area contributed by atoms with Gasteiger partial charge in [0, 0.05) is 6.92 Å². The second-order valence-corrected chi connectivity index (χ2v) is 10.4. The highest BCUT2D eigenvalue weighted by Gasteiger charge is 2.25. The molecule has 42 heavy (non-hydrogen) atoms. The smallest absolute Gasteiger partial charge is 0.344 e. The third kappa shape index (κ3) is 11.6. The van der Waals surface area contributed by atoms with Crippen LogP contribution in [0.3, 0.4) is 0 Å². The lowest BCUT2D eigenvalue weighted by molar-refractivity contribution is -0.158. The highest BCUT2D eigenvalue weighted by Crippen LogP contribution is 2.30. The lowest BCUT2D eigenvalue weighted by atomic mass is 10.1. The Hall–Kier alpha value is -4.41. The summed E-state index contributed by atoms with van der Waals surface area (Å²) in [6, 6.07) is 10.1. The Bertz CT molecular complexity index is 1260. The van der Waals surface area contributed by atoms with Crippen LogP contribution in [0.2, 0.25) is 0 Å². The molecular formula is C31H38O11. The minimum atomic E-state index is -0.871. The number of para-hydroxylation sites is 1. The molecule has 0 aliphatic carbocycles. The molecule has 0 N–H and O–H groups in total. The first-order valence-corrected chi connectivity index (χ1v) is 13.6. The zero-order valence-corrected chi connectivity index (χ0v) is 24.9. The molecule has 0 fully saturated rings. The van der Waals surface area contributed by atoms with Crippen LogP contribution in [0.5, 0.6) is 17.2 Å². The van der Waals surface area contributed by atoms with Crippen molar-refractivity contribution in [3.05, 3.63) is 53.6 Å². The SMILES string of the molecule is CCCCCOc1ccc(C(=O)OCOC(=O)c2ccccc2OC(C)=O)cc1OC(=O)C(C)CC(=O)OC(C)(C)C. The fourth-order valence-electron chi connectivity index (χ4n) is 3.47. The number of esters is 5. The zero-order chi connectivity index (χ0) is 31.3. The first-order chi connectivity index (χ1) is 19.8. The fraction of sp³-hybridized carbons (Fsp3) is 0.452. The second kappa shape index (κ2) is 16.1. The Morgan fingerprint density at radius 1 is 0.833 bits per heavy atom. The number of carbonyl (C=O) groups excluding carboxylic acids is 5. The fourth-order valence-corrected chi connectivity index (χ4v) is 3.47. The van der Waals surface area contributed by atoms with Crippen LogP contribution in [0.15, 0.2) is 42.5 Å². The average molecular weight is 587 g/mol. The van der Waals surface area contributed by atoms with E-state index in [1.54, 1.807) is 32.9 Å². The van der Waals surface area contributed by atoms with E-state index < -0.39 is 48.2 Å². The van der Waals surface area contributed by atoms with Crippen LogP contribution in [-0.4, -0.2) is 48.8 Å². The maximum atomic E-state index is 12.8. The van der Waals surface area contributed by atoms with Crippen LogP contribution in [0.4, 0.5) is 0 Å². The molecular weight excluding hydrogens is 548 g/mol. The topological polar surface area (TPSA) is 141 Å². The molecule has 2 aromatic carbocycles. The van der Waals surface area contributed by atoms with Crippen molar-refractivity contribution < 1.29 is 52.4 Å². The van der Waals surface area contributed by atoms with Crippen molar-refractivity contribution in [1.82, 2.24) is 0 Å². The molecule has 0 aliphatic rings. The number of carbonyl (C=O) groups is 5. The van der Waals surface area contributed by atoms with Gasteiger partial charge in [0.1, 0.15) is 16.9 Å². The standard InChI is InChI=1S/C31H38O11/c1-7-8-11-16-37-25-15-14-22(18-26(25)41-28(34)20(2)17-27(33)42-31(4,5)6)29(35)38-19-39-30(36)23-12-9-10-13-24(23)40-21(3)32/h9-10,12-15,18,20H,7-8,11,16-17,19H2,1-6H3. The molecule has 2 aromatic rings. The van der Waals surface area contributed by atoms with Crippen LogP contribution in [0, 0.1) is 5.92 Å². The predicted octanol–water partition coefficient (Wildman–Crippen LogP) is 5.43. The maximum absolute atomic E-state index is 12.8. The summed E-state index contributed by atoms with van der Waals surface area (Å²) in [5, 5.41) is 0. The zero-order valence-electron chi connectivity index (χ0n) is 24.9. The lowest BCUT2D eigenvalue weighted by Gasteiger charge is -2.20. The van der Waals surface area contributed by atoms with Gasteiger partial charge in [-0.1, -0.05) is 38.8 Å². The third-order valence-corrected chi connectivity index (χ3v) is 5.43. The molecule has 0 spiro atoms. The van der Waals surface area contributed by atoms with E-state index >= 15 is 0 Å². The number of ether oxygens (including phenoxy) is 6. The van der Waals surface area contributed by atoms with Gasteiger partial charge in [0.05, 0.1) is 24.5 Å². The molecule has 0 radical (unpaired) electrons. The summed E-state index contributed by atoms with van der Waals surface area (Å²) in [5.41, 5.74) is -0.729. The second-order valence-electron chi connectivity index (χ2n) is 10.4. The van der Waals surface area contributed by atoms with Gasteiger partial charge in [-0.2, -0.15) is 0 Å². The maximum Gasteiger partial charge on any atom is 0.344 e. The summed E-state index contributed by atoms with van der Waals surface area (Å²) in [4.78, 5) is 61.4. The molecule has 228 valence electrons. The minimum absolute atomic E-state index is 0.00297. The summed E-state index contributed by atoms with van der Waals surface area (Å²) >= 11 is 0. The summed E-state index contributed by atoms with van der Waals surface area (Å²) in [7, 11) is 0. The van der Waals surface area contributed by atoms with Crippen molar-refractivity contribution in [1.29, 1.82) is 0 Å². The molecule has 0 saturated heterocycles. The molecule has 0 bridgehead atoms. The van der Waals surface area contributed by atoms with E-state index in [-0.39, 0.29) is 34.8 Å². The van der Waals surface area contributed by atoms with E-state index in [0.29, 0.717) is 6.61 Å². The van der Waals surface area contributed by atoms with Gasteiger partial charge in [-0.25, -0.2) is 9.59 Å². The third-order valence-electron chi connectivity index (χ3n) is 5.43. The average Bonchev–Trinajstić information content (AvgIpc) is 2.90. The highest BCUT2D eigenvalue weighted by molar-refractivity contribution is 5.94. The van der Waals surface area contributed by atoms with Gasteiger partial charge >= 0.3 is 29.8 Å². The largest absolute Gasteiger partial charge is 0.490 e. The first-order valence-electron chi connectivity index (χ1n) is 13.6. The van der Waals surface area contributed by atoms with Crippen LogP contribution in [-0.2, 0) is 28.6 Å². The molecule has 0 aromatic heterocycles. The number of hydrogen-bond donors (Lipinski definition) is 0. The van der Waals surface area contributed by atoms with E-state index in [1.165, 1.54) is 44.2 Å². The van der Waals surface area contributed by atoms with E-state index in [9.17, 15) is 24.0 Å². The Labute approximate surface area is 245 Å². The monoisotopic (exact) mass is 586 g/mol. The first kappa shape index (κ1) is 33.8. The van der Waals surface area contributed by atoms with Crippen molar-refractivity contribution in [2.75, 3.05) is 13.4 Å². The quantitative estimate of drug-likeness (QED) is 0.121. The molecule has 2 rings (SSSR count). The number of unbranched alkanes of at least 4 members (excludes halogenated alkanes) is 2. The van der Waals surface area contributed by atoms with E-state index in [0.717, 1.165) is 19.3 Å². The van der Waals surface area contributed by atoms with Crippen molar-refractivity contribution in [2.24, 2.45) is 5.92 Å². The Kier molecular flexibility index (Phi) is 13.0. The van der Waals surface area contributed by atoms with Gasteiger partial charge in [-0.05, 0) is 57.5 Å². The van der Waals surface area contributed by atoms with Gasteiger partial charge in [0.25, 0.3) is 0 Å². The Balaban J connectivity index is 2.10. The number of hydrogen-bond acceptors (Lipinski definition) is 11. The molecule has 0 saturated carbocycles. The van der Waals surface area contributed by atoms with Crippen LogP contribution < -0.4 is 14.2 Å².